The molecule has 172 valence electrons. The second-order valence-electron chi connectivity index (χ2n) is 7.95. The Kier molecular flexibility index (Phi) is 7.69. The van der Waals surface area contributed by atoms with Gasteiger partial charge in [0.25, 0.3) is 5.91 Å². The van der Waals surface area contributed by atoms with Gasteiger partial charge in [-0.2, -0.15) is 0 Å². The summed E-state index contributed by atoms with van der Waals surface area (Å²) < 4.78 is 28.9. The largest absolute Gasteiger partial charge is 0.493 e. The van der Waals surface area contributed by atoms with Crippen LogP contribution in [0.25, 0.3) is 0 Å². The van der Waals surface area contributed by atoms with Crippen LogP contribution in [0.1, 0.15) is 29.8 Å². The summed E-state index contributed by atoms with van der Waals surface area (Å²) >= 11 is 0. The molecule has 0 N–H and O–H groups in total. The van der Waals surface area contributed by atoms with Crippen LogP contribution in [0, 0.1) is 5.82 Å². The lowest BCUT2D eigenvalue weighted by molar-refractivity contribution is -0.139. The molecule has 0 aromatic heterocycles. The van der Waals surface area contributed by atoms with Crippen LogP contribution in [0.5, 0.6) is 11.5 Å². The van der Waals surface area contributed by atoms with Crippen molar-refractivity contribution in [3.8, 4) is 11.5 Å². The highest BCUT2D eigenvalue weighted by Crippen LogP contribution is 2.28. The van der Waals surface area contributed by atoms with Gasteiger partial charge < -0.3 is 19.1 Å². The molecule has 2 atom stereocenters. The number of esters is 1. The van der Waals surface area contributed by atoms with E-state index in [-0.39, 0.29) is 30.4 Å². The van der Waals surface area contributed by atoms with Crippen molar-refractivity contribution in [3.63, 3.8) is 0 Å². The number of halogens is 1. The van der Waals surface area contributed by atoms with Crippen LogP contribution in [-0.4, -0.2) is 67.7 Å². The van der Waals surface area contributed by atoms with Gasteiger partial charge >= 0.3 is 5.97 Å². The number of carbonyl (C=O) groups excluding carboxylic acids is 2. The van der Waals surface area contributed by atoms with E-state index in [1.807, 2.05) is 11.8 Å². The van der Waals surface area contributed by atoms with Crippen LogP contribution in [0.2, 0.25) is 0 Å². The van der Waals surface area contributed by atoms with Crippen molar-refractivity contribution in [1.29, 1.82) is 0 Å². The summed E-state index contributed by atoms with van der Waals surface area (Å²) in [6.07, 6.45) is 0. The smallest absolute Gasteiger partial charge is 0.337 e. The number of hydrogen-bond donors (Lipinski definition) is 0. The Morgan fingerprint density at radius 1 is 1.00 bits per heavy atom. The van der Waals surface area contributed by atoms with Crippen molar-refractivity contribution in [2.75, 3.05) is 33.9 Å². The molecule has 2 aromatic rings. The Labute approximate surface area is 187 Å². The van der Waals surface area contributed by atoms with E-state index in [2.05, 4.69) is 11.8 Å². The van der Waals surface area contributed by atoms with Crippen molar-refractivity contribution in [3.05, 3.63) is 59.4 Å². The van der Waals surface area contributed by atoms with E-state index in [0.29, 0.717) is 36.7 Å². The van der Waals surface area contributed by atoms with E-state index in [1.54, 1.807) is 24.3 Å². The van der Waals surface area contributed by atoms with Gasteiger partial charge in [-0.05, 0) is 49.7 Å². The number of ether oxygens (including phenoxy) is 3. The number of piperazine rings is 1. The summed E-state index contributed by atoms with van der Waals surface area (Å²) in [5, 5.41) is 0. The van der Waals surface area contributed by atoms with Crippen LogP contribution >= 0.6 is 0 Å². The molecule has 0 aliphatic carbocycles. The lowest BCUT2D eigenvalue weighted by Gasteiger charge is -2.44. The molecule has 8 heteroatoms. The first-order valence-corrected chi connectivity index (χ1v) is 10.5. The lowest BCUT2D eigenvalue weighted by atomic mass is 10.1. The highest BCUT2D eigenvalue weighted by atomic mass is 19.1. The predicted octanol–water partition coefficient (Wildman–Crippen LogP) is 3.12. The maximum atomic E-state index is 13.2. The quantitative estimate of drug-likeness (QED) is 0.612. The molecule has 0 saturated carbocycles. The van der Waals surface area contributed by atoms with E-state index in [4.69, 9.17) is 14.2 Å². The first-order chi connectivity index (χ1) is 15.3. The van der Waals surface area contributed by atoms with Gasteiger partial charge in [0.15, 0.2) is 18.1 Å². The molecule has 1 saturated heterocycles. The van der Waals surface area contributed by atoms with Crippen molar-refractivity contribution in [2.45, 2.75) is 32.5 Å². The van der Waals surface area contributed by atoms with Gasteiger partial charge in [0.1, 0.15) is 5.82 Å². The molecule has 7 nitrogen and oxygen atoms in total. The first-order valence-electron chi connectivity index (χ1n) is 10.5. The molecule has 2 aromatic carbocycles. The summed E-state index contributed by atoms with van der Waals surface area (Å²) in [5.74, 6) is -0.116. The third kappa shape index (κ3) is 5.56. The van der Waals surface area contributed by atoms with E-state index in [0.717, 1.165) is 5.56 Å². The van der Waals surface area contributed by atoms with Crippen molar-refractivity contribution in [1.82, 2.24) is 9.80 Å². The summed E-state index contributed by atoms with van der Waals surface area (Å²) in [4.78, 5) is 28.7. The van der Waals surface area contributed by atoms with E-state index in [9.17, 15) is 14.0 Å². The molecule has 0 radical (unpaired) electrons. The Morgan fingerprint density at radius 3 is 2.38 bits per heavy atom. The SMILES string of the molecule is COC(=O)c1ccc(OCC(=O)N2C[C@H](C)N(Cc3ccc(F)cc3)C[C@H]2C)c(OC)c1. The van der Waals surface area contributed by atoms with E-state index in [1.165, 1.54) is 32.4 Å². The van der Waals surface area contributed by atoms with Crippen LogP contribution in [0.3, 0.4) is 0 Å². The van der Waals surface area contributed by atoms with Crippen LogP contribution < -0.4 is 9.47 Å². The zero-order valence-electron chi connectivity index (χ0n) is 18.8. The van der Waals surface area contributed by atoms with Gasteiger partial charge in [0.05, 0.1) is 19.8 Å². The summed E-state index contributed by atoms with van der Waals surface area (Å²) in [7, 11) is 2.77. The molecule has 0 bridgehead atoms. The normalized spacial score (nSPS) is 18.8. The third-order valence-corrected chi connectivity index (χ3v) is 5.67. The number of hydrogen-bond acceptors (Lipinski definition) is 6. The summed E-state index contributed by atoms with van der Waals surface area (Å²) in [5.41, 5.74) is 1.37. The molecule has 1 heterocycles. The van der Waals surface area contributed by atoms with Gasteiger partial charge in [0, 0.05) is 31.7 Å². The van der Waals surface area contributed by atoms with Crippen molar-refractivity contribution >= 4 is 11.9 Å². The minimum Gasteiger partial charge on any atom is -0.493 e. The third-order valence-electron chi connectivity index (χ3n) is 5.67. The number of rotatable bonds is 7. The maximum absolute atomic E-state index is 13.2. The van der Waals surface area contributed by atoms with Gasteiger partial charge in [-0.1, -0.05) is 12.1 Å². The number of benzene rings is 2. The van der Waals surface area contributed by atoms with Crippen molar-refractivity contribution < 1.29 is 28.2 Å². The molecule has 32 heavy (non-hydrogen) atoms. The number of amides is 1. The molecule has 1 aliphatic rings. The van der Waals surface area contributed by atoms with Crippen molar-refractivity contribution in [2.24, 2.45) is 0 Å². The second-order valence-corrected chi connectivity index (χ2v) is 7.95. The molecule has 0 unspecified atom stereocenters. The monoisotopic (exact) mass is 444 g/mol. The highest BCUT2D eigenvalue weighted by molar-refractivity contribution is 5.90. The standard InChI is InChI=1S/C24H29FN2O5/c1-16-13-27(17(2)12-26(16)14-18-5-8-20(25)9-6-18)23(28)15-32-21-10-7-19(24(29)31-4)11-22(21)30-3/h5-11,16-17H,12-15H2,1-4H3/t16-,17+/m0/s1. The minimum absolute atomic E-state index is 0.00587. The average Bonchev–Trinajstić information content (AvgIpc) is 2.80. The fraction of sp³-hybridized carbons (Fsp3) is 0.417. The summed E-state index contributed by atoms with van der Waals surface area (Å²) in [6.45, 7) is 5.93. The Balaban J connectivity index is 1.59. The zero-order valence-corrected chi connectivity index (χ0v) is 18.8. The lowest BCUT2D eigenvalue weighted by Crippen LogP contribution is -2.58. The van der Waals surface area contributed by atoms with Crippen LogP contribution in [0.15, 0.2) is 42.5 Å². The topological polar surface area (TPSA) is 68.3 Å². The van der Waals surface area contributed by atoms with E-state index >= 15 is 0 Å². The van der Waals surface area contributed by atoms with Crippen LogP contribution in [0.4, 0.5) is 4.39 Å². The Morgan fingerprint density at radius 2 is 1.72 bits per heavy atom. The highest BCUT2D eigenvalue weighted by Gasteiger charge is 2.32. The average molecular weight is 445 g/mol. The molecule has 0 spiro atoms. The van der Waals surface area contributed by atoms with Gasteiger partial charge in [-0.25, -0.2) is 9.18 Å². The zero-order chi connectivity index (χ0) is 23.3. The Hall–Kier alpha value is -3.13. The molecule has 1 aliphatic heterocycles. The van der Waals surface area contributed by atoms with Gasteiger partial charge in [0.2, 0.25) is 0 Å². The van der Waals surface area contributed by atoms with E-state index < -0.39 is 5.97 Å². The number of carbonyl (C=O) groups is 2. The minimum atomic E-state index is -0.479. The Bertz CT molecular complexity index is 950. The van der Waals surface area contributed by atoms with Gasteiger partial charge in [-0.15, -0.1) is 0 Å². The fourth-order valence-corrected chi connectivity index (χ4v) is 3.84. The number of methoxy groups -OCH3 is 2. The first kappa shape index (κ1) is 23.5. The van der Waals surface area contributed by atoms with Gasteiger partial charge in [-0.3, -0.25) is 9.69 Å². The second kappa shape index (κ2) is 10.5. The molecular weight excluding hydrogens is 415 g/mol. The van der Waals surface area contributed by atoms with Crippen LogP contribution in [-0.2, 0) is 16.1 Å². The predicted molar refractivity (Wildman–Crippen MR) is 117 cm³/mol. The molecule has 1 amide bonds. The molecule has 3 rings (SSSR count). The summed E-state index contributed by atoms with van der Waals surface area (Å²) in [6, 6.07) is 11.3. The molecular formula is C24H29FN2O5. The maximum Gasteiger partial charge on any atom is 0.337 e. The number of nitrogens with zero attached hydrogens (tertiary/aromatic N) is 2. The molecule has 1 fully saturated rings. The fourth-order valence-electron chi connectivity index (χ4n) is 3.84.